The van der Waals surface area contributed by atoms with Gasteiger partial charge >= 0.3 is 0 Å². The van der Waals surface area contributed by atoms with Gasteiger partial charge in [-0.15, -0.1) is 0 Å². The van der Waals surface area contributed by atoms with Crippen molar-refractivity contribution in [1.29, 1.82) is 0 Å². The number of hydrogen-bond acceptors (Lipinski definition) is 4. The first-order chi connectivity index (χ1) is 14.3. The van der Waals surface area contributed by atoms with E-state index in [4.69, 9.17) is 23.2 Å². The Morgan fingerprint density at radius 2 is 1.77 bits per heavy atom. The van der Waals surface area contributed by atoms with E-state index in [9.17, 15) is 13.2 Å². The Labute approximate surface area is 186 Å². The van der Waals surface area contributed by atoms with E-state index in [1.165, 1.54) is 17.7 Å². The number of amides is 1. The molecule has 160 valence electrons. The van der Waals surface area contributed by atoms with Gasteiger partial charge in [-0.1, -0.05) is 53.5 Å². The molecule has 6 nitrogen and oxygen atoms in total. The van der Waals surface area contributed by atoms with Gasteiger partial charge in [-0.25, -0.2) is 13.1 Å². The summed E-state index contributed by atoms with van der Waals surface area (Å²) < 4.78 is 27.7. The maximum Gasteiger partial charge on any atom is 0.253 e. The van der Waals surface area contributed by atoms with Crippen LogP contribution in [-0.4, -0.2) is 44.4 Å². The normalized spacial score (nSPS) is 19.7. The van der Waals surface area contributed by atoms with Crippen molar-refractivity contribution in [3.8, 4) is 0 Å². The van der Waals surface area contributed by atoms with Crippen LogP contribution in [0.5, 0.6) is 0 Å². The van der Waals surface area contributed by atoms with Crippen molar-refractivity contribution < 1.29 is 13.2 Å². The predicted octanol–water partition coefficient (Wildman–Crippen LogP) is 3.44. The molecular weight excluding hydrogens is 445 g/mol. The summed E-state index contributed by atoms with van der Waals surface area (Å²) in [6, 6.07) is 12.7. The Morgan fingerprint density at radius 1 is 1.03 bits per heavy atom. The van der Waals surface area contributed by atoms with E-state index in [0.29, 0.717) is 0 Å². The van der Waals surface area contributed by atoms with Crippen LogP contribution < -0.4 is 10.0 Å². The average Bonchev–Trinajstić information content (AvgIpc) is 3.39. The van der Waals surface area contributed by atoms with Gasteiger partial charge in [0.2, 0.25) is 10.0 Å². The summed E-state index contributed by atoms with van der Waals surface area (Å²) in [5.41, 5.74) is 1.34. The third-order valence-corrected chi connectivity index (χ3v) is 7.61. The fourth-order valence-corrected chi connectivity index (χ4v) is 5.76. The maximum atomic E-state index is 12.8. The molecule has 1 aliphatic heterocycles. The molecule has 2 fully saturated rings. The molecule has 0 spiro atoms. The Morgan fingerprint density at radius 3 is 2.47 bits per heavy atom. The smallest absolute Gasteiger partial charge is 0.253 e. The highest BCUT2D eigenvalue weighted by atomic mass is 35.5. The highest BCUT2D eigenvalue weighted by molar-refractivity contribution is 7.89. The molecule has 4 rings (SSSR count). The largest absolute Gasteiger partial charge is 0.348 e. The summed E-state index contributed by atoms with van der Waals surface area (Å²) in [6.07, 6.45) is 2.43. The Kier molecular flexibility index (Phi) is 6.36. The molecule has 2 aromatic rings. The zero-order chi connectivity index (χ0) is 21.3. The minimum absolute atomic E-state index is 0.000368. The third-order valence-electron chi connectivity index (χ3n) is 5.31. The number of rotatable bonds is 7. The van der Waals surface area contributed by atoms with Crippen LogP contribution in [0.2, 0.25) is 10.0 Å². The number of benzene rings is 2. The van der Waals surface area contributed by atoms with Gasteiger partial charge in [-0.05, 0) is 37.0 Å². The van der Waals surface area contributed by atoms with Crippen LogP contribution in [0.1, 0.15) is 35.2 Å². The Bertz CT molecular complexity index is 1040. The van der Waals surface area contributed by atoms with E-state index in [-0.39, 0.29) is 32.6 Å². The van der Waals surface area contributed by atoms with Crippen molar-refractivity contribution in [3.05, 3.63) is 63.6 Å². The summed E-state index contributed by atoms with van der Waals surface area (Å²) in [4.78, 5) is 15.0. The number of carbonyl (C=O) groups excluding carboxylic acids is 1. The van der Waals surface area contributed by atoms with Crippen LogP contribution in [0.25, 0.3) is 0 Å². The van der Waals surface area contributed by atoms with Crippen molar-refractivity contribution in [2.75, 3.05) is 13.1 Å². The van der Waals surface area contributed by atoms with Crippen LogP contribution in [0, 0.1) is 0 Å². The number of nitrogens with zero attached hydrogens (tertiary/aromatic N) is 1. The zero-order valence-corrected chi connectivity index (χ0v) is 18.6. The second kappa shape index (κ2) is 8.85. The lowest BCUT2D eigenvalue weighted by Gasteiger charge is -2.17. The van der Waals surface area contributed by atoms with E-state index in [1.54, 1.807) is 0 Å². The minimum atomic E-state index is -3.80. The fourth-order valence-electron chi connectivity index (χ4n) is 3.59. The minimum Gasteiger partial charge on any atom is -0.348 e. The van der Waals surface area contributed by atoms with Gasteiger partial charge in [-0.3, -0.25) is 9.69 Å². The molecule has 30 heavy (non-hydrogen) atoms. The van der Waals surface area contributed by atoms with Crippen LogP contribution in [0.15, 0.2) is 47.4 Å². The molecule has 0 aromatic heterocycles. The van der Waals surface area contributed by atoms with Crippen molar-refractivity contribution in [3.63, 3.8) is 0 Å². The number of nitrogens with one attached hydrogen (secondary N) is 2. The van der Waals surface area contributed by atoms with Crippen LogP contribution in [0.3, 0.4) is 0 Å². The van der Waals surface area contributed by atoms with Gasteiger partial charge in [-0.2, -0.15) is 0 Å². The van der Waals surface area contributed by atoms with Gasteiger partial charge in [0.1, 0.15) is 4.90 Å². The van der Waals surface area contributed by atoms with Crippen molar-refractivity contribution >= 4 is 39.1 Å². The number of hydrogen-bond donors (Lipinski definition) is 2. The molecule has 1 unspecified atom stereocenters. The number of sulfonamides is 1. The second-order valence-electron chi connectivity index (χ2n) is 7.84. The molecule has 1 amide bonds. The van der Waals surface area contributed by atoms with E-state index in [2.05, 4.69) is 27.1 Å². The first kappa shape index (κ1) is 21.6. The lowest BCUT2D eigenvalue weighted by atomic mass is 10.2. The number of likely N-dealkylation sites (tertiary alicyclic amines) is 1. The van der Waals surface area contributed by atoms with Crippen molar-refractivity contribution in [2.45, 2.75) is 42.8 Å². The standard InChI is InChI=1S/C21H23Cl2N3O3S/c22-18-11-19(23)20(30(28,29)25-15-6-7-15)10-17(18)21(27)24-16-8-9-26(13-16)12-14-4-2-1-3-5-14/h1-5,10-11,15-16,25H,6-9,12-13H2,(H,24,27). The third kappa shape index (κ3) is 5.15. The molecule has 2 aliphatic rings. The first-order valence-corrected chi connectivity index (χ1v) is 12.1. The lowest BCUT2D eigenvalue weighted by Crippen LogP contribution is -2.37. The quantitative estimate of drug-likeness (QED) is 0.653. The van der Waals surface area contributed by atoms with Crippen molar-refractivity contribution in [1.82, 2.24) is 14.9 Å². The van der Waals surface area contributed by atoms with Crippen LogP contribution in [-0.2, 0) is 16.6 Å². The molecule has 1 aliphatic carbocycles. The maximum absolute atomic E-state index is 12.8. The molecule has 1 saturated heterocycles. The Balaban J connectivity index is 1.44. The Hall–Kier alpha value is -1.64. The van der Waals surface area contributed by atoms with Gasteiger partial charge in [0.25, 0.3) is 5.91 Å². The molecular formula is C21H23Cl2N3O3S. The molecule has 0 bridgehead atoms. The van der Waals surface area contributed by atoms with Gasteiger partial charge in [0, 0.05) is 31.7 Å². The fraction of sp³-hybridized carbons (Fsp3) is 0.381. The highest BCUT2D eigenvalue weighted by Crippen LogP contribution is 2.31. The molecule has 2 N–H and O–H groups in total. The van der Waals surface area contributed by atoms with E-state index in [0.717, 1.165) is 38.9 Å². The van der Waals surface area contributed by atoms with Gasteiger partial charge in [0.15, 0.2) is 0 Å². The SMILES string of the molecule is O=C(NC1CCN(Cc2ccccc2)C1)c1cc(S(=O)(=O)NC2CC2)c(Cl)cc1Cl. The summed E-state index contributed by atoms with van der Waals surface area (Å²) in [5.74, 6) is -0.397. The average molecular weight is 468 g/mol. The predicted molar refractivity (Wildman–Crippen MR) is 117 cm³/mol. The van der Waals surface area contributed by atoms with E-state index in [1.807, 2.05) is 18.2 Å². The van der Waals surface area contributed by atoms with Gasteiger partial charge in [0.05, 0.1) is 15.6 Å². The molecule has 9 heteroatoms. The first-order valence-electron chi connectivity index (χ1n) is 9.90. The van der Waals surface area contributed by atoms with Crippen molar-refractivity contribution in [2.24, 2.45) is 0 Å². The zero-order valence-electron chi connectivity index (χ0n) is 16.3. The second-order valence-corrected chi connectivity index (χ2v) is 10.3. The topological polar surface area (TPSA) is 78.5 Å². The summed E-state index contributed by atoms with van der Waals surface area (Å²) in [5, 5.41) is 3.11. The van der Waals surface area contributed by atoms with Gasteiger partial charge < -0.3 is 5.32 Å². The van der Waals surface area contributed by atoms with E-state index >= 15 is 0 Å². The molecule has 1 saturated carbocycles. The molecule has 0 radical (unpaired) electrons. The lowest BCUT2D eigenvalue weighted by molar-refractivity contribution is 0.0937. The summed E-state index contributed by atoms with van der Waals surface area (Å²) >= 11 is 12.3. The number of carbonyl (C=O) groups is 1. The summed E-state index contributed by atoms with van der Waals surface area (Å²) in [6.45, 7) is 2.42. The van der Waals surface area contributed by atoms with E-state index < -0.39 is 15.9 Å². The molecule has 2 aromatic carbocycles. The monoisotopic (exact) mass is 467 g/mol. The number of halogens is 2. The van der Waals surface area contributed by atoms with Crippen LogP contribution >= 0.6 is 23.2 Å². The molecule has 1 heterocycles. The summed E-state index contributed by atoms with van der Waals surface area (Å²) in [7, 11) is -3.80. The van der Waals surface area contributed by atoms with Crippen LogP contribution in [0.4, 0.5) is 0 Å². The molecule has 1 atom stereocenters. The highest BCUT2D eigenvalue weighted by Gasteiger charge is 2.31.